The van der Waals surface area contributed by atoms with Gasteiger partial charge in [-0.3, -0.25) is 14.6 Å². The minimum atomic E-state index is -0.193. The second kappa shape index (κ2) is 5.40. The third kappa shape index (κ3) is 2.40. The molecule has 3 rings (SSSR count). The molecule has 0 saturated heterocycles. The van der Waals surface area contributed by atoms with E-state index in [2.05, 4.69) is 20.6 Å². The van der Waals surface area contributed by atoms with Gasteiger partial charge in [-0.15, -0.1) is 0 Å². The van der Waals surface area contributed by atoms with Crippen LogP contribution in [0.3, 0.4) is 0 Å². The highest BCUT2D eigenvalue weighted by atomic mass is 16.2. The van der Waals surface area contributed by atoms with Crippen molar-refractivity contribution in [3.8, 4) is 0 Å². The number of para-hydroxylation sites is 1. The fraction of sp³-hybridized carbons (Fsp3) is 0.267. The molecule has 2 heterocycles. The van der Waals surface area contributed by atoms with Crippen LogP contribution in [0.5, 0.6) is 0 Å². The molecule has 0 bridgehead atoms. The molecule has 1 aromatic carbocycles. The van der Waals surface area contributed by atoms with Gasteiger partial charge in [0.15, 0.2) is 5.82 Å². The van der Waals surface area contributed by atoms with Crippen LogP contribution in [0.2, 0.25) is 0 Å². The van der Waals surface area contributed by atoms with Crippen LogP contribution in [-0.2, 0) is 13.0 Å². The van der Waals surface area contributed by atoms with Crippen molar-refractivity contribution < 1.29 is 4.79 Å². The van der Waals surface area contributed by atoms with E-state index in [0.29, 0.717) is 18.1 Å². The van der Waals surface area contributed by atoms with E-state index in [1.165, 1.54) is 0 Å². The topological polar surface area (TPSA) is 75.6 Å². The van der Waals surface area contributed by atoms with E-state index in [-0.39, 0.29) is 5.91 Å². The Balaban J connectivity index is 1.91. The second-order valence-corrected chi connectivity index (χ2v) is 4.76. The maximum Gasteiger partial charge on any atom is 0.275 e. The van der Waals surface area contributed by atoms with E-state index in [4.69, 9.17) is 0 Å². The van der Waals surface area contributed by atoms with E-state index >= 15 is 0 Å². The Hall–Kier alpha value is -2.63. The first-order chi connectivity index (χ1) is 10.2. The number of aromatic nitrogens is 4. The third-order valence-corrected chi connectivity index (χ3v) is 3.43. The molecule has 0 aliphatic carbocycles. The Kier molecular flexibility index (Phi) is 3.43. The molecule has 0 radical (unpaired) electrons. The summed E-state index contributed by atoms with van der Waals surface area (Å²) in [6, 6.07) is 9.50. The number of amides is 1. The van der Waals surface area contributed by atoms with Crippen LogP contribution in [0, 0.1) is 0 Å². The average molecular weight is 283 g/mol. The van der Waals surface area contributed by atoms with Gasteiger partial charge >= 0.3 is 0 Å². The van der Waals surface area contributed by atoms with Gasteiger partial charge in [0.25, 0.3) is 5.91 Å². The Morgan fingerprint density at radius 3 is 2.90 bits per heavy atom. The molecule has 0 aliphatic rings. The number of nitrogens with zero attached hydrogens (tertiary/aromatic N) is 3. The number of carbonyl (C=O) groups is 1. The molecule has 0 atom stereocenters. The van der Waals surface area contributed by atoms with Crippen molar-refractivity contribution >= 4 is 22.6 Å². The van der Waals surface area contributed by atoms with Crippen molar-refractivity contribution in [2.24, 2.45) is 0 Å². The highest BCUT2D eigenvalue weighted by Crippen LogP contribution is 2.20. The van der Waals surface area contributed by atoms with Crippen molar-refractivity contribution in [1.29, 1.82) is 0 Å². The van der Waals surface area contributed by atoms with Crippen LogP contribution in [0.15, 0.2) is 30.3 Å². The van der Waals surface area contributed by atoms with Gasteiger partial charge in [0.2, 0.25) is 0 Å². The van der Waals surface area contributed by atoms with Crippen molar-refractivity contribution in [2.45, 2.75) is 26.8 Å². The monoisotopic (exact) mass is 283 g/mol. The van der Waals surface area contributed by atoms with Gasteiger partial charge < -0.3 is 5.32 Å². The fourth-order valence-electron chi connectivity index (χ4n) is 2.30. The van der Waals surface area contributed by atoms with E-state index < -0.39 is 0 Å². The van der Waals surface area contributed by atoms with Gasteiger partial charge in [-0.25, -0.2) is 0 Å². The summed E-state index contributed by atoms with van der Waals surface area (Å²) in [5, 5.41) is 15.2. The molecule has 2 N–H and O–H groups in total. The van der Waals surface area contributed by atoms with Crippen molar-refractivity contribution in [3.63, 3.8) is 0 Å². The summed E-state index contributed by atoms with van der Waals surface area (Å²) in [5.41, 5.74) is 2.36. The number of hydrogen-bond acceptors (Lipinski definition) is 3. The molecule has 21 heavy (non-hydrogen) atoms. The van der Waals surface area contributed by atoms with Gasteiger partial charge in [-0.2, -0.15) is 10.2 Å². The molecule has 1 amide bonds. The van der Waals surface area contributed by atoms with Crippen LogP contribution in [0.4, 0.5) is 5.82 Å². The van der Waals surface area contributed by atoms with Crippen LogP contribution in [0.25, 0.3) is 10.9 Å². The molecule has 0 aliphatic heterocycles. The number of hydrogen-bond donors (Lipinski definition) is 2. The van der Waals surface area contributed by atoms with E-state index in [1.807, 2.05) is 44.2 Å². The Morgan fingerprint density at radius 2 is 2.14 bits per heavy atom. The van der Waals surface area contributed by atoms with E-state index in [1.54, 1.807) is 4.68 Å². The molecule has 0 spiro atoms. The fourth-order valence-corrected chi connectivity index (χ4v) is 2.30. The van der Waals surface area contributed by atoms with E-state index in [0.717, 1.165) is 23.0 Å². The summed E-state index contributed by atoms with van der Waals surface area (Å²) >= 11 is 0. The normalized spacial score (nSPS) is 11.0. The summed E-state index contributed by atoms with van der Waals surface area (Å²) < 4.78 is 1.71. The van der Waals surface area contributed by atoms with Gasteiger partial charge in [0.1, 0.15) is 5.69 Å². The number of anilines is 1. The minimum Gasteiger partial charge on any atom is -0.303 e. The molecule has 108 valence electrons. The number of carbonyl (C=O) groups excluding carboxylic acids is 1. The quantitative estimate of drug-likeness (QED) is 0.772. The first kappa shape index (κ1) is 13.4. The molecule has 6 nitrogen and oxygen atoms in total. The Labute approximate surface area is 122 Å². The number of benzene rings is 1. The van der Waals surface area contributed by atoms with Gasteiger partial charge in [0, 0.05) is 11.9 Å². The lowest BCUT2D eigenvalue weighted by Crippen LogP contribution is -2.17. The molecule has 2 aromatic heterocycles. The zero-order valence-corrected chi connectivity index (χ0v) is 12.1. The lowest BCUT2D eigenvalue weighted by Gasteiger charge is -2.04. The number of aryl methyl sites for hydroxylation is 2. The maximum absolute atomic E-state index is 12.4. The number of fused-ring (bicyclic) bond motifs is 1. The summed E-state index contributed by atoms with van der Waals surface area (Å²) in [6.45, 7) is 4.64. The summed E-state index contributed by atoms with van der Waals surface area (Å²) in [4.78, 5) is 12.4. The maximum atomic E-state index is 12.4. The summed E-state index contributed by atoms with van der Waals surface area (Å²) in [6.07, 6.45) is 0.804. The van der Waals surface area contributed by atoms with Gasteiger partial charge in [0.05, 0.1) is 11.2 Å². The number of aromatic amines is 1. The summed E-state index contributed by atoms with van der Waals surface area (Å²) in [5.74, 6) is 0.346. The largest absolute Gasteiger partial charge is 0.303 e. The molecule has 6 heteroatoms. The van der Waals surface area contributed by atoms with Crippen molar-refractivity contribution in [1.82, 2.24) is 20.0 Å². The molecule has 0 fully saturated rings. The number of rotatable bonds is 4. The van der Waals surface area contributed by atoms with Gasteiger partial charge in [-0.1, -0.05) is 19.1 Å². The zero-order valence-electron chi connectivity index (χ0n) is 12.1. The summed E-state index contributed by atoms with van der Waals surface area (Å²) in [7, 11) is 0. The predicted octanol–water partition coefficient (Wildman–Crippen LogP) is 2.59. The lowest BCUT2D eigenvalue weighted by atomic mass is 10.2. The number of H-pyrrole nitrogens is 1. The smallest absolute Gasteiger partial charge is 0.275 e. The van der Waals surface area contributed by atoms with E-state index in [9.17, 15) is 4.79 Å². The molecular weight excluding hydrogens is 266 g/mol. The Bertz CT molecular complexity index is 786. The van der Waals surface area contributed by atoms with Crippen LogP contribution >= 0.6 is 0 Å². The van der Waals surface area contributed by atoms with Crippen LogP contribution in [-0.4, -0.2) is 25.9 Å². The molecule has 3 aromatic rings. The van der Waals surface area contributed by atoms with Crippen molar-refractivity contribution in [2.75, 3.05) is 5.32 Å². The average Bonchev–Trinajstić information content (AvgIpc) is 3.11. The number of nitrogens with one attached hydrogen (secondary N) is 2. The van der Waals surface area contributed by atoms with Crippen LogP contribution < -0.4 is 5.32 Å². The SMILES string of the molecule is CCc1cc(C(=O)Nc2n[nH]c3ccccc23)n(CC)n1. The molecule has 0 unspecified atom stereocenters. The first-order valence-electron chi connectivity index (χ1n) is 7.04. The van der Waals surface area contributed by atoms with Crippen LogP contribution in [0.1, 0.15) is 30.0 Å². The van der Waals surface area contributed by atoms with Gasteiger partial charge in [-0.05, 0) is 31.5 Å². The lowest BCUT2D eigenvalue weighted by molar-refractivity contribution is 0.101. The molecule has 0 saturated carbocycles. The predicted molar refractivity (Wildman–Crippen MR) is 81.3 cm³/mol. The second-order valence-electron chi connectivity index (χ2n) is 4.76. The Morgan fingerprint density at radius 1 is 1.33 bits per heavy atom. The minimum absolute atomic E-state index is 0.193. The first-order valence-corrected chi connectivity index (χ1v) is 7.04. The highest BCUT2D eigenvalue weighted by molar-refractivity contribution is 6.07. The molecular formula is C15H17N5O. The zero-order chi connectivity index (χ0) is 14.8. The standard InChI is InChI=1S/C15H17N5O/c1-3-10-9-13(20(4-2)19-10)15(21)16-14-11-7-5-6-8-12(11)17-18-14/h5-9H,3-4H2,1-2H3,(H2,16,17,18,21). The highest BCUT2D eigenvalue weighted by Gasteiger charge is 2.16. The third-order valence-electron chi connectivity index (χ3n) is 3.43. The van der Waals surface area contributed by atoms with Crippen molar-refractivity contribution in [3.05, 3.63) is 41.7 Å².